The summed E-state index contributed by atoms with van der Waals surface area (Å²) in [5, 5.41) is 9.53. The summed E-state index contributed by atoms with van der Waals surface area (Å²) in [5.74, 6) is -0.139. The molecule has 0 heterocycles. The molecule has 0 aromatic heterocycles. The first kappa shape index (κ1) is 14.1. The Morgan fingerprint density at radius 1 is 1.25 bits per heavy atom. The van der Waals surface area contributed by atoms with Crippen LogP contribution < -0.4 is 4.90 Å². The van der Waals surface area contributed by atoms with Crippen LogP contribution in [0.5, 0.6) is 0 Å². The average Bonchev–Trinajstić information content (AvgIpc) is 2.48. The molecule has 2 aromatic carbocycles. The highest BCUT2D eigenvalue weighted by atomic mass is 35.5. The van der Waals surface area contributed by atoms with E-state index in [1.807, 2.05) is 6.92 Å². The Morgan fingerprint density at radius 2 is 2.00 bits per heavy atom. The molecule has 0 saturated carbocycles. The van der Waals surface area contributed by atoms with E-state index in [0.717, 1.165) is 5.56 Å². The summed E-state index contributed by atoms with van der Waals surface area (Å²) in [5.41, 5.74) is 2.63. The van der Waals surface area contributed by atoms with Crippen LogP contribution in [0.15, 0.2) is 42.5 Å². The molecule has 0 fully saturated rings. The first-order chi connectivity index (χ1) is 9.52. The molecule has 1 amide bonds. The Labute approximate surface area is 123 Å². The molecule has 3 nitrogen and oxygen atoms in total. The van der Waals surface area contributed by atoms with Crippen LogP contribution >= 0.6 is 11.6 Å². The number of halogens is 1. The number of nitriles is 1. The van der Waals surface area contributed by atoms with E-state index in [9.17, 15) is 4.79 Å². The van der Waals surface area contributed by atoms with Gasteiger partial charge < -0.3 is 4.90 Å². The number of benzene rings is 2. The van der Waals surface area contributed by atoms with Gasteiger partial charge in [-0.05, 0) is 48.9 Å². The quantitative estimate of drug-likeness (QED) is 0.842. The fourth-order valence-corrected chi connectivity index (χ4v) is 1.99. The number of aryl methyl sites for hydroxylation is 1. The predicted molar refractivity (Wildman–Crippen MR) is 80.1 cm³/mol. The van der Waals surface area contributed by atoms with Crippen LogP contribution in [0.3, 0.4) is 0 Å². The third kappa shape index (κ3) is 2.81. The zero-order valence-electron chi connectivity index (χ0n) is 11.2. The second-order valence-corrected chi connectivity index (χ2v) is 4.90. The van der Waals surface area contributed by atoms with E-state index in [2.05, 4.69) is 6.07 Å². The third-order valence-electron chi connectivity index (χ3n) is 3.07. The Balaban J connectivity index is 2.32. The lowest BCUT2D eigenvalue weighted by atomic mass is 10.1. The summed E-state index contributed by atoms with van der Waals surface area (Å²) < 4.78 is 0. The summed E-state index contributed by atoms with van der Waals surface area (Å²) in [7, 11) is 1.68. The first-order valence-electron chi connectivity index (χ1n) is 6.07. The van der Waals surface area contributed by atoms with E-state index < -0.39 is 0 Å². The van der Waals surface area contributed by atoms with E-state index in [4.69, 9.17) is 16.9 Å². The highest BCUT2D eigenvalue weighted by Crippen LogP contribution is 2.20. The molecule has 20 heavy (non-hydrogen) atoms. The second-order valence-electron chi connectivity index (χ2n) is 4.49. The normalized spacial score (nSPS) is 9.90. The molecule has 0 aliphatic heterocycles. The molecule has 0 bridgehead atoms. The summed E-state index contributed by atoms with van der Waals surface area (Å²) in [6, 6.07) is 14.2. The lowest BCUT2D eigenvalue weighted by Gasteiger charge is -2.18. The number of anilines is 1. The molecule has 0 spiro atoms. The molecule has 0 aliphatic carbocycles. The van der Waals surface area contributed by atoms with Gasteiger partial charge in [0.1, 0.15) is 0 Å². The monoisotopic (exact) mass is 284 g/mol. The Hall–Kier alpha value is -2.31. The van der Waals surface area contributed by atoms with Gasteiger partial charge in [0.2, 0.25) is 0 Å². The number of rotatable bonds is 2. The molecule has 0 N–H and O–H groups in total. The van der Waals surface area contributed by atoms with E-state index in [-0.39, 0.29) is 5.91 Å². The molecule has 0 unspecified atom stereocenters. The van der Waals surface area contributed by atoms with E-state index >= 15 is 0 Å². The van der Waals surface area contributed by atoms with Gasteiger partial charge in [0.15, 0.2) is 0 Å². The van der Waals surface area contributed by atoms with E-state index in [1.54, 1.807) is 49.5 Å². The van der Waals surface area contributed by atoms with Gasteiger partial charge in [-0.15, -0.1) is 0 Å². The maximum absolute atomic E-state index is 12.4. The van der Waals surface area contributed by atoms with E-state index in [0.29, 0.717) is 21.8 Å². The van der Waals surface area contributed by atoms with Gasteiger partial charge in [-0.3, -0.25) is 4.79 Å². The van der Waals surface area contributed by atoms with Gasteiger partial charge in [0.25, 0.3) is 5.91 Å². The number of hydrogen-bond acceptors (Lipinski definition) is 2. The molecule has 4 heteroatoms. The van der Waals surface area contributed by atoms with Crippen LogP contribution in [0.25, 0.3) is 0 Å². The van der Waals surface area contributed by atoms with Crippen LogP contribution in [-0.2, 0) is 0 Å². The predicted octanol–water partition coefficient (Wildman–Crippen LogP) is 3.80. The fraction of sp³-hybridized carbons (Fsp3) is 0.125. The summed E-state index contributed by atoms with van der Waals surface area (Å²) in [6.45, 7) is 1.86. The molecular formula is C16H13ClN2O. The number of carbonyl (C=O) groups excluding carboxylic acids is 1. The van der Waals surface area contributed by atoms with Crippen molar-refractivity contribution >= 4 is 23.2 Å². The van der Waals surface area contributed by atoms with Crippen molar-refractivity contribution in [1.82, 2.24) is 0 Å². The number of nitrogens with zero attached hydrogens (tertiary/aromatic N) is 2. The minimum atomic E-state index is -0.139. The molecule has 100 valence electrons. The van der Waals surface area contributed by atoms with Crippen LogP contribution in [0.1, 0.15) is 21.5 Å². The van der Waals surface area contributed by atoms with Crippen molar-refractivity contribution in [2.45, 2.75) is 6.92 Å². The zero-order valence-corrected chi connectivity index (χ0v) is 12.0. The van der Waals surface area contributed by atoms with Gasteiger partial charge >= 0.3 is 0 Å². The molecule has 0 saturated heterocycles. The van der Waals surface area contributed by atoms with E-state index in [1.165, 1.54) is 4.90 Å². The molecule has 0 radical (unpaired) electrons. The van der Waals surface area contributed by atoms with Crippen molar-refractivity contribution in [3.8, 4) is 6.07 Å². The molecule has 0 atom stereocenters. The summed E-state index contributed by atoms with van der Waals surface area (Å²) in [6.07, 6.45) is 0. The SMILES string of the molecule is Cc1cc(C(=O)N(C)c2cccc(C#N)c2)ccc1Cl. The number of hydrogen-bond donors (Lipinski definition) is 0. The molecule has 2 rings (SSSR count). The summed E-state index contributed by atoms with van der Waals surface area (Å²) in [4.78, 5) is 13.9. The Morgan fingerprint density at radius 3 is 2.65 bits per heavy atom. The topological polar surface area (TPSA) is 44.1 Å². The van der Waals surface area contributed by atoms with Crippen LogP contribution in [0, 0.1) is 18.3 Å². The molecule has 2 aromatic rings. The van der Waals surface area contributed by atoms with Gasteiger partial charge in [0.05, 0.1) is 11.6 Å². The van der Waals surface area contributed by atoms with Crippen molar-refractivity contribution in [3.05, 3.63) is 64.2 Å². The van der Waals surface area contributed by atoms with Gasteiger partial charge in [-0.1, -0.05) is 17.7 Å². The van der Waals surface area contributed by atoms with Crippen LogP contribution in [0.2, 0.25) is 5.02 Å². The Bertz CT molecular complexity index is 704. The first-order valence-corrected chi connectivity index (χ1v) is 6.45. The van der Waals surface area contributed by atoms with Crippen molar-refractivity contribution in [1.29, 1.82) is 5.26 Å². The van der Waals surface area contributed by atoms with Crippen LogP contribution in [-0.4, -0.2) is 13.0 Å². The average molecular weight is 285 g/mol. The highest BCUT2D eigenvalue weighted by molar-refractivity contribution is 6.31. The lowest BCUT2D eigenvalue weighted by Crippen LogP contribution is -2.26. The maximum Gasteiger partial charge on any atom is 0.258 e. The fourth-order valence-electron chi connectivity index (χ4n) is 1.87. The smallest absolute Gasteiger partial charge is 0.258 e. The Kier molecular flexibility index (Phi) is 4.07. The maximum atomic E-state index is 12.4. The van der Waals surface area contributed by atoms with Crippen molar-refractivity contribution in [2.75, 3.05) is 11.9 Å². The van der Waals surface area contributed by atoms with Crippen LogP contribution in [0.4, 0.5) is 5.69 Å². The zero-order chi connectivity index (χ0) is 14.7. The van der Waals surface area contributed by atoms with Crippen molar-refractivity contribution in [2.24, 2.45) is 0 Å². The minimum Gasteiger partial charge on any atom is -0.311 e. The number of carbonyl (C=O) groups is 1. The lowest BCUT2D eigenvalue weighted by molar-refractivity contribution is 0.0993. The second kappa shape index (κ2) is 5.77. The van der Waals surface area contributed by atoms with Gasteiger partial charge in [-0.2, -0.15) is 5.26 Å². The van der Waals surface area contributed by atoms with Crippen molar-refractivity contribution < 1.29 is 4.79 Å². The van der Waals surface area contributed by atoms with Gasteiger partial charge in [-0.25, -0.2) is 0 Å². The molecule has 0 aliphatic rings. The standard InChI is InChI=1S/C16H13ClN2O/c1-11-8-13(6-7-15(11)17)16(20)19(2)14-5-3-4-12(9-14)10-18/h3-9H,1-2H3. The van der Waals surface area contributed by atoms with Crippen molar-refractivity contribution in [3.63, 3.8) is 0 Å². The van der Waals surface area contributed by atoms with Gasteiger partial charge in [0, 0.05) is 23.3 Å². The molecular weight excluding hydrogens is 272 g/mol. The number of amides is 1. The third-order valence-corrected chi connectivity index (χ3v) is 3.50. The summed E-state index contributed by atoms with van der Waals surface area (Å²) >= 11 is 5.96. The largest absolute Gasteiger partial charge is 0.311 e. The highest BCUT2D eigenvalue weighted by Gasteiger charge is 2.14. The minimum absolute atomic E-state index is 0.139.